The zero-order chi connectivity index (χ0) is 16.5. The van der Waals surface area contributed by atoms with Crippen LogP contribution in [0.3, 0.4) is 0 Å². The van der Waals surface area contributed by atoms with Crippen molar-refractivity contribution in [3.05, 3.63) is 87.9 Å². The van der Waals surface area contributed by atoms with Gasteiger partial charge in [0.05, 0.1) is 6.33 Å². The SMILES string of the molecule is O=C1/C(=C/c2ccc(-n3ccnc3)cc2)CCc2cc(Br)ccc21. The molecule has 1 aliphatic rings. The lowest BCUT2D eigenvalue weighted by atomic mass is 9.86. The van der Waals surface area contributed by atoms with Gasteiger partial charge in [-0.1, -0.05) is 28.1 Å². The third-order valence-electron chi connectivity index (χ3n) is 4.30. The summed E-state index contributed by atoms with van der Waals surface area (Å²) in [6.07, 6.45) is 9.13. The molecule has 0 bridgehead atoms. The highest BCUT2D eigenvalue weighted by Crippen LogP contribution is 2.29. The second-order valence-electron chi connectivity index (χ2n) is 5.86. The average molecular weight is 379 g/mol. The summed E-state index contributed by atoms with van der Waals surface area (Å²) in [5, 5.41) is 0. The van der Waals surface area contributed by atoms with Crippen LogP contribution in [0, 0.1) is 0 Å². The van der Waals surface area contributed by atoms with Gasteiger partial charge >= 0.3 is 0 Å². The van der Waals surface area contributed by atoms with Gasteiger partial charge in [-0.15, -0.1) is 0 Å². The number of imidazole rings is 1. The minimum Gasteiger partial charge on any atom is -0.306 e. The van der Waals surface area contributed by atoms with Crippen LogP contribution >= 0.6 is 15.9 Å². The predicted octanol–water partition coefficient (Wildman–Crippen LogP) is 4.85. The summed E-state index contributed by atoms with van der Waals surface area (Å²) in [4.78, 5) is 16.7. The van der Waals surface area contributed by atoms with Crippen molar-refractivity contribution >= 4 is 27.8 Å². The molecule has 1 aromatic heterocycles. The summed E-state index contributed by atoms with van der Waals surface area (Å²) in [5.74, 6) is 0.141. The molecule has 2 aromatic carbocycles. The first-order valence-corrected chi connectivity index (χ1v) is 8.62. The molecule has 0 fully saturated rings. The maximum Gasteiger partial charge on any atom is 0.189 e. The van der Waals surface area contributed by atoms with Crippen LogP contribution in [-0.2, 0) is 6.42 Å². The molecule has 4 heteroatoms. The maximum atomic E-state index is 12.7. The van der Waals surface area contributed by atoms with E-state index in [9.17, 15) is 4.79 Å². The standard InChI is InChI=1S/C20H15BrN2O/c21-17-5-8-19-15(12-17)3-4-16(20(19)24)11-14-1-6-18(7-2-14)23-10-9-22-13-23/h1-2,5-13H,3-4H2/b16-11+. The number of carbonyl (C=O) groups excluding carboxylic acids is 1. The summed E-state index contributed by atoms with van der Waals surface area (Å²) in [6, 6.07) is 14.0. The molecule has 0 amide bonds. The number of hydrogen-bond acceptors (Lipinski definition) is 2. The van der Waals surface area contributed by atoms with Gasteiger partial charge < -0.3 is 4.57 Å². The van der Waals surface area contributed by atoms with E-state index >= 15 is 0 Å². The Morgan fingerprint density at radius 3 is 2.67 bits per heavy atom. The second-order valence-corrected chi connectivity index (χ2v) is 6.78. The number of nitrogens with zero attached hydrogens (tertiary/aromatic N) is 2. The number of fused-ring (bicyclic) bond motifs is 1. The van der Waals surface area contributed by atoms with Gasteiger partial charge in [-0.3, -0.25) is 4.79 Å². The van der Waals surface area contributed by atoms with Gasteiger partial charge in [-0.2, -0.15) is 0 Å². The molecule has 0 saturated heterocycles. The van der Waals surface area contributed by atoms with E-state index in [0.717, 1.165) is 45.3 Å². The molecule has 0 saturated carbocycles. The normalized spacial score (nSPS) is 15.5. The van der Waals surface area contributed by atoms with Gasteiger partial charge in [0.1, 0.15) is 0 Å². The van der Waals surface area contributed by atoms with Gasteiger partial charge in [0.2, 0.25) is 0 Å². The largest absolute Gasteiger partial charge is 0.306 e. The number of rotatable bonds is 2. The second kappa shape index (κ2) is 6.21. The van der Waals surface area contributed by atoms with Crippen LogP contribution in [0.25, 0.3) is 11.8 Å². The molecule has 0 spiro atoms. The maximum absolute atomic E-state index is 12.7. The number of aryl methyl sites for hydroxylation is 1. The van der Waals surface area contributed by atoms with Crippen LogP contribution in [0.2, 0.25) is 0 Å². The highest BCUT2D eigenvalue weighted by molar-refractivity contribution is 9.10. The zero-order valence-electron chi connectivity index (χ0n) is 12.9. The van der Waals surface area contributed by atoms with Crippen LogP contribution in [-0.4, -0.2) is 15.3 Å². The number of carbonyl (C=O) groups is 1. The first-order chi connectivity index (χ1) is 11.7. The van der Waals surface area contributed by atoms with Crippen LogP contribution in [0.1, 0.15) is 27.9 Å². The lowest BCUT2D eigenvalue weighted by molar-refractivity contribution is 0.102. The molecular weight excluding hydrogens is 364 g/mol. The molecular formula is C20H15BrN2O. The van der Waals surface area contributed by atoms with Crippen molar-refractivity contribution in [2.45, 2.75) is 12.8 Å². The zero-order valence-corrected chi connectivity index (χ0v) is 14.5. The first-order valence-electron chi connectivity index (χ1n) is 7.83. The third kappa shape index (κ3) is 2.85. The number of allylic oxidation sites excluding steroid dienone is 1. The Bertz CT molecular complexity index is 925. The highest BCUT2D eigenvalue weighted by atomic mass is 79.9. The van der Waals surface area contributed by atoms with Crippen molar-refractivity contribution in [1.82, 2.24) is 9.55 Å². The molecule has 3 aromatic rings. The van der Waals surface area contributed by atoms with E-state index in [0.29, 0.717) is 0 Å². The number of benzene rings is 2. The molecule has 118 valence electrons. The van der Waals surface area contributed by atoms with E-state index in [2.05, 4.69) is 20.9 Å². The molecule has 1 aliphatic carbocycles. The molecule has 3 nitrogen and oxygen atoms in total. The minimum absolute atomic E-state index is 0.141. The lowest BCUT2D eigenvalue weighted by Gasteiger charge is -2.17. The smallest absolute Gasteiger partial charge is 0.189 e. The Labute approximate surface area is 148 Å². The van der Waals surface area contributed by atoms with E-state index in [-0.39, 0.29) is 5.78 Å². The summed E-state index contributed by atoms with van der Waals surface area (Å²) in [5.41, 5.74) is 4.93. The molecule has 0 aliphatic heterocycles. The number of halogens is 1. The van der Waals surface area contributed by atoms with Crippen molar-refractivity contribution in [2.24, 2.45) is 0 Å². The highest BCUT2D eigenvalue weighted by Gasteiger charge is 2.21. The third-order valence-corrected chi connectivity index (χ3v) is 4.80. The average Bonchev–Trinajstić information content (AvgIpc) is 3.12. The van der Waals surface area contributed by atoms with Crippen molar-refractivity contribution in [2.75, 3.05) is 0 Å². The Morgan fingerprint density at radius 2 is 1.92 bits per heavy atom. The molecule has 1 heterocycles. The summed E-state index contributed by atoms with van der Waals surface area (Å²) < 4.78 is 2.98. The van der Waals surface area contributed by atoms with Gasteiger partial charge in [-0.25, -0.2) is 4.98 Å². The fourth-order valence-corrected chi connectivity index (χ4v) is 3.45. The van der Waals surface area contributed by atoms with Crippen LogP contribution in [0.5, 0.6) is 0 Å². The first kappa shape index (κ1) is 15.1. The van der Waals surface area contributed by atoms with Gasteiger partial charge in [0.15, 0.2) is 5.78 Å². The lowest BCUT2D eigenvalue weighted by Crippen LogP contribution is -2.13. The Balaban J connectivity index is 1.62. The molecule has 0 radical (unpaired) electrons. The molecule has 0 atom stereocenters. The fraction of sp³-hybridized carbons (Fsp3) is 0.100. The van der Waals surface area contributed by atoms with Crippen molar-refractivity contribution in [3.8, 4) is 5.69 Å². The van der Waals surface area contributed by atoms with Gasteiger partial charge in [-0.05, 0) is 60.4 Å². The van der Waals surface area contributed by atoms with Gasteiger partial charge in [0, 0.05) is 33.7 Å². The van der Waals surface area contributed by atoms with E-state index in [4.69, 9.17) is 0 Å². The van der Waals surface area contributed by atoms with E-state index in [1.54, 1.807) is 12.5 Å². The van der Waals surface area contributed by atoms with Crippen LogP contribution in [0.15, 0.2) is 71.2 Å². The van der Waals surface area contributed by atoms with Crippen LogP contribution < -0.4 is 0 Å². The number of hydrogen-bond donors (Lipinski definition) is 0. The van der Waals surface area contributed by atoms with Gasteiger partial charge in [0.25, 0.3) is 0 Å². The Morgan fingerprint density at radius 1 is 1.08 bits per heavy atom. The number of ketones is 1. The summed E-state index contributed by atoms with van der Waals surface area (Å²) >= 11 is 3.47. The number of aromatic nitrogens is 2. The molecule has 0 N–H and O–H groups in total. The summed E-state index contributed by atoms with van der Waals surface area (Å²) in [6.45, 7) is 0. The molecule has 0 unspecified atom stereocenters. The van der Waals surface area contributed by atoms with Crippen molar-refractivity contribution in [1.29, 1.82) is 0 Å². The number of Topliss-reactive ketones (excluding diaryl/α,β-unsaturated/α-hetero) is 1. The van der Waals surface area contributed by atoms with E-state index < -0.39 is 0 Å². The predicted molar refractivity (Wildman–Crippen MR) is 98.3 cm³/mol. The Hall–Kier alpha value is -2.46. The summed E-state index contributed by atoms with van der Waals surface area (Å²) in [7, 11) is 0. The monoisotopic (exact) mass is 378 g/mol. The quantitative estimate of drug-likeness (QED) is 0.597. The topological polar surface area (TPSA) is 34.9 Å². The fourth-order valence-electron chi connectivity index (χ4n) is 3.04. The molecule has 24 heavy (non-hydrogen) atoms. The Kier molecular flexibility index (Phi) is 3.90. The minimum atomic E-state index is 0.141. The van der Waals surface area contributed by atoms with E-state index in [1.807, 2.05) is 59.3 Å². The molecule has 4 rings (SSSR count). The van der Waals surface area contributed by atoms with Crippen molar-refractivity contribution < 1.29 is 4.79 Å². The van der Waals surface area contributed by atoms with Crippen molar-refractivity contribution in [3.63, 3.8) is 0 Å². The van der Waals surface area contributed by atoms with Crippen LogP contribution in [0.4, 0.5) is 0 Å². The van der Waals surface area contributed by atoms with E-state index in [1.165, 1.54) is 0 Å².